The lowest BCUT2D eigenvalue weighted by Crippen LogP contribution is -2.12. The first-order chi connectivity index (χ1) is 7.11. The summed E-state index contributed by atoms with van der Waals surface area (Å²) in [5.74, 6) is -1.29. The molecule has 0 spiro atoms. The van der Waals surface area contributed by atoms with Gasteiger partial charge < -0.3 is 10.4 Å². The monoisotopic (exact) mass is 211 g/mol. The number of aliphatic carboxylic acids is 1. The Balaban J connectivity index is 2.40. The molecule has 0 aromatic carbocycles. The Labute approximate surface area is 86.9 Å². The van der Waals surface area contributed by atoms with Crippen molar-refractivity contribution in [2.75, 3.05) is 5.32 Å². The third kappa shape index (κ3) is 3.80. The molecule has 0 aliphatic heterocycles. The van der Waals surface area contributed by atoms with E-state index in [1.54, 1.807) is 10.9 Å². The van der Waals surface area contributed by atoms with Gasteiger partial charge in [-0.05, 0) is 6.92 Å². The normalized spacial score (nSPS) is 9.93. The van der Waals surface area contributed by atoms with E-state index >= 15 is 0 Å². The molecule has 0 aliphatic carbocycles. The van der Waals surface area contributed by atoms with Gasteiger partial charge >= 0.3 is 5.97 Å². The number of carboxylic acid groups (broad SMARTS) is 1. The zero-order valence-electron chi connectivity index (χ0n) is 8.43. The van der Waals surface area contributed by atoms with Crippen LogP contribution in [0.2, 0.25) is 0 Å². The summed E-state index contributed by atoms with van der Waals surface area (Å²) < 4.78 is 1.67. The smallest absolute Gasteiger partial charge is 0.303 e. The van der Waals surface area contributed by atoms with E-state index in [-0.39, 0.29) is 18.7 Å². The largest absolute Gasteiger partial charge is 0.481 e. The number of aromatic nitrogens is 2. The number of nitrogens with zero attached hydrogens (tertiary/aromatic N) is 2. The van der Waals surface area contributed by atoms with Crippen molar-refractivity contribution in [1.29, 1.82) is 0 Å². The summed E-state index contributed by atoms with van der Waals surface area (Å²) in [5.41, 5.74) is 0.590. The lowest BCUT2D eigenvalue weighted by Gasteiger charge is -1.99. The number of carbonyl (C=O) groups excluding carboxylic acids is 1. The average Bonchev–Trinajstić information content (AvgIpc) is 2.62. The Morgan fingerprint density at radius 2 is 2.27 bits per heavy atom. The number of hydrogen-bond acceptors (Lipinski definition) is 3. The van der Waals surface area contributed by atoms with Crippen LogP contribution in [0.15, 0.2) is 12.4 Å². The molecule has 0 bridgehead atoms. The van der Waals surface area contributed by atoms with Crippen molar-refractivity contribution in [3.8, 4) is 0 Å². The molecule has 0 atom stereocenters. The predicted molar refractivity (Wildman–Crippen MR) is 53.4 cm³/mol. The van der Waals surface area contributed by atoms with Crippen molar-refractivity contribution in [2.45, 2.75) is 26.3 Å². The fourth-order valence-electron chi connectivity index (χ4n) is 1.05. The van der Waals surface area contributed by atoms with Gasteiger partial charge in [-0.3, -0.25) is 14.3 Å². The fraction of sp³-hybridized carbons (Fsp3) is 0.444. The molecule has 0 aliphatic rings. The van der Waals surface area contributed by atoms with Gasteiger partial charge in [-0.1, -0.05) is 0 Å². The molecule has 6 heteroatoms. The first-order valence-corrected chi connectivity index (χ1v) is 4.66. The SMILES string of the molecule is CCn1cc(NC(=O)CCC(=O)O)cn1. The number of anilines is 1. The van der Waals surface area contributed by atoms with Gasteiger partial charge in [0.05, 0.1) is 18.3 Å². The summed E-state index contributed by atoms with van der Waals surface area (Å²) >= 11 is 0. The van der Waals surface area contributed by atoms with Gasteiger partial charge in [0, 0.05) is 19.2 Å². The second kappa shape index (κ2) is 5.14. The number of rotatable bonds is 5. The highest BCUT2D eigenvalue weighted by atomic mass is 16.4. The van der Waals surface area contributed by atoms with Crippen molar-refractivity contribution in [1.82, 2.24) is 9.78 Å². The number of aryl methyl sites for hydroxylation is 1. The van der Waals surface area contributed by atoms with Crippen molar-refractivity contribution >= 4 is 17.6 Å². The molecule has 0 saturated carbocycles. The first-order valence-electron chi connectivity index (χ1n) is 4.66. The molecule has 1 heterocycles. The second-order valence-electron chi connectivity index (χ2n) is 3.03. The topological polar surface area (TPSA) is 84.2 Å². The predicted octanol–water partition coefficient (Wildman–Crippen LogP) is 0.706. The molecule has 1 aromatic heterocycles. The van der Waals surface area contributed by atoms with Gasteiger partial charge in [-0.25, -0.2) is 0 Å². The van der Waals surface area contributed by atoms with E-state index in [2.05, 4.69) is 10.4 Å². The molecular weight excluding hydrogens is 198 g/mol. The highest BCUT2D eigenvalue weighted by Crippen LogP contribution is 2.05. The molecule has 1 rings (SSSR count). The van der Waals surface area contributed by atoms with Crippen LogP contribution in [0.1, 0.15) is 19.8 Å². The van der Waals surface area contributed by atoms with Crippen molar-refractivity contribution in [3.63, 3.8) is 0 Å². The molecule has 0 fully saturated rings. The molecule has 82 valence electrons. The summed E-state index contributed by atoms with van der Waals surface area (Å²) in [6, 6.07) is 0. The van der Waals surface area contributed by atoms with Crippen LogP contribution in [0, 0.1) is 0 Å². The van der Waals surface area contributed by atoms with Crippen LogP contribution < -0.4 is 5.32 Å². The van der Waals surface area contributed by atoms with Crippen molar-refractivity contribution in [3.05, 3.63) is 12.4 Å². The Bertz CT molecular complexity index is 359. The first kappa shape index (κ1) is 11.2. The highest BCUT2D eigenvalue weighted by molar-refractivity contribution is 5.92. The van der Waals surface area contributed by atoms with Gasteiger partial charge in [0.25, 0.3) is 0 Å². The quantitative estimate of drug-likeness (QED) is 0.751. The maximum atomic E-state index is 11.2. The lowest BCUT2D eigenvalue weighted by atomic mass is 10.3. The molecule has 15 heavy (non-hydrogen) atoms. The van der Waals surface area contributed by atoms with Crippen LogP contribution in [-0.4, -0.2) is 26.8 Å². The van der Waals surface area contributed by atoms with E-state index in [9.17, 15) is 9.59 Å². The Hall–Kier alpha value is -1.85. The van der Waals surface area contributed by atoms with Crippen LogP contribution in [-0.2, 0) is 16.1 Å². The van der Waals surface area contributed by atoms with E-state index in [0.29, 0.717) is 5.69 Å². The Morgan fingerprint density at radius 1 is 1.53 bits per heavy atom. The van der Waals surface area contributed by atoms with Crippen LogP contribution >= 0.6 is 0 Å². The Morgan fingerprint density at radius 3 is 2.80 bits per heavy atom. The molecule has 6 nitrogen and oxygen atoms in total. The zero-order chi connectivity index (χ0) is 11.3. The highest BCUT2D eigenvalue weighted by Gasteiger charge is 2.06. The van der Waals surface area contributed by atoms with Crippen LogP contribution in [0.5, 0.6) is 0 Å². The minimum absolute atomic E-state index is 0.0212. The molecule has 1 amide bonds. The number of carboxylic acids is 1. The molecule has 2 N–H and O–H groups in total. The summed E-state index contributed by atoms with van der Waals surface area (Å²) in [6.45, 7) is 2.66. The van der Waals surface area contributed by atoms with Crippen molar-refractivity contribution < 1.29 is 14.7 Å². The van der Waals surface area contributed by atoms with Crippen molar-refractivity contribution in [2.24, 2.45) is 0 Å². The molecule has 0 radical (unpaired) electrons. The zero-order valence-corrected chi connectivity index (χ0v) is 8.43. The summed E-state index contributed by atoms with van der Waals surface area (Å²) in [4.78, 5) is 21.4. The van der Waals surface area contributed by atoms with Crippen LogP contribution in [0.4, 0.5) is 5.69 Å². The number of nitrogens with one attached hydrogen (secondary N) is 1. The van der Waals surface area contributed by atoms with E-state index in [1.807, 2.05) is 6.92 Å². The van der Waals surface area contributed by atoms with E-state index in [1.165, 1.54) is 6.20 Å². The van der Waals surface area contributed by atoms with E-state index in [0.717, 1.165) is 6.54 Å². The summed E-state index contributed by atoms with van der Waals surface area (Å²) in [6.07, 6.45) is 3.04. The molecule has 0 saturated heterocycles. The van der Waals surface area contributed by atoms with Gasteiger partial charge in [0.15, 0.2) is 0 Å². The lowest BCUT2D eigenvalue weighted by molar-refractivity contribution is -0.138. The van der Waals surface area contributed by atoms with Crippen LogP contribution in [0.3, 0.4) is 0 Å². The summed E-state index contributed by atoms with van der Waals surface area (Å²) in [5, 5.41) is 14.9. The number of hydrogen-bond donors (Lipinski definition) is 2. The molecule has 0 unspecified atom stereocenters. The standard InChI is InChI=1S/C9H13N3O3/c1-2-12-6-7(5-10-12)11-8(13)3-4-9(14)15/h5-6H,2-4H2,1H3,(H,11,13)(H,14,15). The molecular formula is C9H13N3O3. The third-order valence-electron chi connectivity index (χ3n) is 1.81. The molecule has 1 aromatic rings. The minimum atomic E-state index is -0.977. The summed E-state index contributed by atoms with van der Waals surface area (Å²) in [7, 11) is 0. The van der Waals surface area contributed by atoms with Gasteiger partial charge in [-0.2, -0.15) is 5.10 Å². The van der Waals surface area contributed by atoms with Crippen LogP contribution in [0.25, 0.3) is 0 Å². The van der Waals surface area contributed by atoms with Gasteiger partial charge in [0.2, 0.25) is 5.91 Å². The second-order valence-corrected chi connectivity index (χ2v) is 3.03. The minimum Gasteiger partial charge on any atom is -0.481 e. The van der Waals surface area contributed by atoms with Gasteiger partial charge in [-0.15, -0.1) is 0 Å². The average molecular weight is 211 g/mol. The fourth-order valence-corrected chi connectivity index (χ4v) is 1.05. The maximum absolute atomic E-state index is 11.2. The maximum Gasteiger partial charge on any atom is 0.303 e. The van der Waals surface area contributed by atoms with Gasteiger partial charge in [0.1, 0.15) is 0 Å². The number of amides is 1. The van der Waals surface area contributed by atoms with E-state index in [4.69, 9.17) is 5.11 Å². The number of carbonyl (C=O) groups is 2. The third-order valence-corrected chi connectivity index (χ3v) is 1.81. The van der Waals surface area contributed by atoms with E-state index < -0.39 is 5.97 Å². The Kier molecular flexibility index (Phi) is 3.84.